The van der Waals surface area contributed by atoms with Crippen molar-refractivity contribution >= 4 is 101 Å². The Labute approximate surface area is 517 Å². The van der Waals surface area contributed by atoms with Crippen LogP contribution in [0, 0.1) is 0 Å². The second-order valence-electron chi connectivity index (χ2n) is 23.5. The van der Waals surface area contributed by atoms with Crippen molar-refractivity contribution in [2.75, 3.05) is 9.80 Å². The lowest BCUT2D eigenvalue weighted by atomic mass is 9.33. The van der Waals surface area contributed by atoms with Crippen molar-refractivity contribution in [3.8, 4) is 67.0 Å². The Morgan fingerprint density at radius 3 is 0.899 bits per heavy atom. The molecule has 4 nitrogen and oxygen atoms in total. The molecule has 16 aromatic rings. The Hall–Kier alpha value is -11.7. The number of fused-ring (bicyclic) bond motifs is 10. The van der Waals surface area contributed by atoms with Gasteiger partial charge in [0.15, 0.2) is 0 Å². The lowest BCUT2D eigenvalue weighted by molar-refractivity contribution is 1.17. The summed E-state index contributed by atoms with van der Waals surface area (Å²) in [5, 5.41) is 4.94. The van der Waals surface area contributed by atoms with Crippen molar-refractivity contribution < 1.29 is 0 Å². The smallest absolute Gasteiger partial charge is 0.252 e. The van der Waals surface area contributed by atoms with Crippen LogP contribution in [0.1, 0.15) is 0 Å². The van der Waals surface area contributed by atoms with E-state index in [1.165, 1.54) is 98.9 Å². The highest BCUT2D eigenvalue weighted by Crippen LogP contribution is 2.50. The zero-order chi connectivity index (χ0) is 58.5. The zero-order valence-corrected chi connectivity index (χ0v) is 48.6. The Balaban J connectivity index is 0.976. The fraction of sp³-hybridized carbons (Fsp3) is 0. The van der Waals surface area contributed by atoms with E-state index in [1.54, 1.807) is 0 Å². The van der Waals surface area contributed by atoms with Crippen LogP contribution in [-0.4, -0.2) is 15.8 Å². The summed E-state index contributed by atoms with van der Waals surface area (Å²) in [5.41, 5.74) is 29.0. The van der Waals surface area contributed by atoms with Crippen LogP contribution in [0.2, 0.25) is 0 Å². The summed E-state index contributed by atoms with van der Waals surface area (Å²) < 4.78 is 4.96. The molecule has 0 amide bonds. The van der Waals surface area contributed by atoms with E-state index in [1.807, 2.05) is 0 Å². The first-order valence-corrected chi connectivity index (χ1v) is 30.8. The Morgan fingerprint density at radius 2 is 0.528 bits per heavy atom. The molecule has 0 unspecified atom stereocenters. The summed E-state index contributed by atoms with van der Waals surface area (Å²) in [6, 6.07) is 124. The summed E-state index contributed by atoms with van der Waals surface area (Å²) in [6.07, 6.45) is 0. The minimum absolute atomic E-state index is 0.224. The number of hydrogen-bond donors (Lipinski definition) is 0. The Bertz CT molecular complexity index is 4980. The second kappa shape index (κ2) is 20.5. The predicted octanol–water partition coefficient (Wildman–Crippen LogP) is 20.3. The molecule has 18 rings (SSSR count). The third-order valence-corrected chi connectivity index (χ3v) is 18.7. The molecule has 4 heterocycles. The average molecular weight is 1130 g/mol. The van der Waals surface area contributed by atoms with E-state index in [-0.39, 0.29) is 6.71 Å². The van der Waals surface area contributed by atoms with Crippen molar-refractivity contribution in [1.82, 2.24) is 9.13 Å². The van der Waals surface area contributed by atoms with Crippen molar-refractivity contribution in [3.05, 3.63) is 334 Å². The molecule has 89 heavy (non-hydrogen) atoms. The van der Waals surface area contributed by atoms with Gasteiger partial charge in [0.25, 0.3) is 6.71 Å². The molecule has 2 aliphatic heterocycles. The molecule has 414 valence electrons. The lowest BCUT2D eigenvalue weighted by Gasteiger charge is -2.45. The van der Waals surface area contributed by atoms with Crippen molar-refractivity contribution in [3.63, 3.8) is 0 Å². The van der Waals surface area contributed by atoms with E-state index in [0.29, 0.717) is 0 Å². The van der Waals surface area contributed by atoms with Gasteiger partial charge in [0.1, 0.15) is 0 Å². The maximum atomic E-state index is 2.57. The topological polar surface area (TPSA) is 16.3 Å². The molecule has 0 spiro atoms. The minimum Gasteiger partial charge on any atom is -0.311 e. The van der Waals surface area contributed by atoms with Crippen LogP contribution in [0.25, 0.3) is 111 Å². The molecule has 14 aromatic carbocycles. The van der Waals surface area contributed by atoms with Gasteiger partial charge in [-0.3, -0.25) is 0 Å². The van der Waals surface area contributed by atoms with Crippen LogP contribution in [0.5, 0.6) is 0 Å². The number of rotatable bonds is 9. The van der Waals surface area contributed by atoms with Gasteiger partial charge < -0.3 is 18.9 Å². The standard InChI is InChI=1S/C84H55BN4/c1-5-22-56(23-6-1)58-40-44-63(45-41-58)86-79-50-48-65(88-75-36-17-13-30-69(75)70-31-14-18-37-76(70)88)54-73(79)85-74-55-66(89-77-38-19-15-32-71(77)72-33-16-20-39-78(72)89)49-51-80(74)87(64-46-42-59(43-47-64)57-24-7-2-8-25-57)82-53-62(52-81(86)84(82)85)83-67(60-26-9-3-10-27-60)34-21-35-68(83)61-28-11-4-12-29-61/h1-55H. The molecule has 0 fully saturated rings. The van der Waals surface area contributed by atoms with Crippen LogP contribution in [0.4, 0.5) is 34.1 Å². The zero-order valence-electron chi connectivity index (χ0n) is 48.6. The normalized spacial score (nSPS) is 12.4. The maximum absolute atomic E-state index is 2.57. The molecule has 2 aromatic heterocycles. The highest BCUT2D eigenvalue weighted by atomic mass is 15.2. The summed E-state index contributed by atoms with van der Waals surface area (Å²) in [5.74, 6) is 0. The highest BCUT2D eigenvalue weighted by molar-refractivity contribution is 7.00. The summed E-state index contributed by atoms with van der Waals surface area (Å²) in [6.45, 7) is -0.224. The number of benzene rings is 14. The molecule has 5 heteroatoms. The fourth-order valence-electron chi connectivity index (χ4n) is 14.8. The molecule has 2 aliphatic rings. The van der Waals surface area contributed by atoms with Crippen LogP contribution in [-0.2, 0) is 0 Å². The second-order valence-corrected chi connectivity index (χ2v) is 23.5. The van der Waals surface area contributed by atoms with Gasteiger partial charge in [0, 0.05) is 67.0 Å². The summed E-state index contributed by atoms with van der Waals surface area (Å²) in [7, 11) is 0. The van der Waals surface area contributed by atoms with Crippen LogP contribution < -0.4 is 26.2 Å². The first-order chi connectivity index (χ1) is 44.2. The van der Waals surface area contributed by atoms with Gasteiger partial charge in [-0.1, -0.05) is 237 Å². The van der Waals surface area contributed by atoms with Gasteiger partial charge in [0.2, 0.25) is 0 Å². The number of hydrogen-bond acceptors (Lipinski definition) is 2. The minimum atomic E-state index is -0.224. The molecule has 0 saturated heterocycles. The lowest BCUT2D eigenvalue weighted by Crippen LogP contribution is -2.61. The molecular weight excluding hydrogens is 1080 g/mol. The van der Waals surface area contributed by atoms with Gasteiger partial charge in [-0.25, -0.2) is 0 Å². The molecular formula is C84H55BN4. The first kappa shape index (κ1) is 50.6. The summed E-state index contributed by atoms with van der Waals surface area (Å²) in [4.78, 5) is 5.15. The molecule has 0 N–H and O–H groups in total. The SMILES string of the molecule is c1ccc(-c2ccc(N3c4ccc(-n5c6ccccc6c6ccccc65)cc4B4c5cc(-n6c7ccccc7c7ccccc76)ccc5N(c5ccc(-c6ccccc6)cc5)c5cc(-c6c(-c7ccccc7)cccc6-c6ccccc6)cc3c54)cc2)cc1. The van der Waals surface area contributed by atoms with Crippen molar-refractivity contribution in [2.24, 2.45) is 0 Å². The molecule has 0 bridgehead atoms. The number of para-hydroxylation sites is 4. The summed E-state index contributed by atoms with van der Waals surface area (Å²) >= 11 is 0. The van der Waals surface area contributed by atoms with Gasteiger partial charge in [0.05, 0.1) is 22.1 Å². The molecule has 0 atom stereocenters. The van der Waals surface area contributed by atoms with Gasteiger partial charge in [-0.15, -0.1) is 0 Å². The first-order valence-electron chi connectivity index (χ1n) is 30.8. The van der Waals surface area contributed by atoms with E-state index >= 15 is 0 Å². The van der Waals surface area contributed by atoms with Crippen LogP contribution >= 0.6 is 0 Å². The van der Waals surface area contributed by atoms with Gasteiger partial charge in [-0.05, 0) is 169 Å². The monoisotopic (exact) mass is 1130 g/mol. The molecule has 0 saturated carbocycles. The maximum Gasteiger partial charge on any atom is 0.252 e. The van der Waals surface area contributed by atoms with Gasteiger partial charge >= 0.3 is 0 Å². The third-order valence-electron chi connectivity index (χ3n) is 18.7. The molecule has 0 aliphatic carbocycles. The van der Waals surface area contributed by atoms with E-state index in [0.717, 1.165) is 62.2 Å². The average Bonchev–Trinajstić information content (AvgIpc) is 0.894. The quantitative estimate of drug-likeness (QED) is 0.134. The number of aromatic nitrogens is 2. The Kier molecular flexibility index (Phi) is 11.7. The number of nitrogens with zero attached hydrogens (tertiary/aromatic N) is 4. The van der Waals surface area contributed by atoms with Crippen molar-refractivity contribution in [1.29, 1.82) is 0 Å². The van der Waals surface area contributed by atoms with Crippen LogP contribution in [0.3, 0.4) is 0 Å². The van der Waals surface area contributed by atoms with E-state index in [2.05, 4.69) is 353 Å². The Morgan fingerprint density at radius 1 is 0.213 bits per heavy atom. The number of anilines is 6. The predicted molar refractivity (Wildman–Crippen MR) is 376 cm³/mol. The molecule has 0 radical (unpaired) electrons. The van der Waals surface area contributed by atoms with E-state index in [9.17, 15) is 0 Å². The van der Waals surface area contributed by atoms with Gasteiger partial charge in [-0.2, -0.15) is 0 Å². The fourth-order valence-corrected chi connectivity index (χ4v) is 14.8. The third kappa shape index (κ3) is 8.09. The van der Waals surface area contributed by atoms with Crippen molar-refractivity contribution in [2.45, 2.75) is 0 Å². The van der Waals surface area contributed by atoms with E-state index in [4.69, 9.17) is 0 Å². The highest BCUT2D eigenvalue weighted by Gasteiger charge is 2.44. The largest absolute Gasteiger partial charge is 0.311 e. The van der Waals surface area contributed by atoms with E-state index < -0.39 is 0 Å². The van der Waals surface area contributed by atoms with Crippen LogP contribution in [0.15, 0.2) is 334 Å².